The average molecular weight is 1080 g/mol. The molecule has 0 aliphatic heterocycles. The molecular weight excluding hydrogens is 948 g/mol. The lowest BCUT2D eigenvalue weighted by molar-refractivity contribution is -0.870. The van der Waals surface area contributed by atoms with E-state index in [0.29, 0.717) is 17.4 Å². The van der Waals surface area contributed by atoms with Crippen molar-refractivity contribution >= 4 is 13.7 Å². The molecule has 0 saturated heterocycles. The average Bonchev–Trinajstić information content (AvgIpc) is 3.37. The summed E-state index contributed by atoms with van der Waals surface area (Å²) in [6, 6.07) is -0.909. The second kappa shape index (κ2) is 57.4. The smallest absolute Gasteiger partial charge is 0.268 e. The minimum Gasteiger partial charge on any atom is -0.756 e. The first-order chi connectivity index (χ1) is 36.5. The zero-order valence-electron chi connectivity index (χ0n) is 50.8. The maximum absolute atomic E-state index is 13.0. The van der Waals surface area contributed by atoms with E-state index >= 15 is 0 Å². The molecule has 0 bridgehead atoms. The third-order valence-corrected chi connectivity index (χ3v) is 16.0. The standard InChI is InChI=1S/C66H129N2O6P/c1-6-8-10-12-14-16-18-20-22-24-26-28-30-31-32-33-34-35-36-38-39-41-43-45-47-49-51-53-55-57-59-65(69)64(63-74-75(71,72)73-62-61-68(3,4)5)67-66(70)60-58-56-54-52-50-48-46-44-42-40-37-29-27-25-23-21-19-17-15-13-11-9-7-2/h41,43,49,51,57,59,64-65,69H,6-40,42,44-48,50,52-56,58,60-63H2,1-5H3,(H-,67,70,71,72)/b43-41+,51-49+,59-57+. The largest absolute Gasteiger partial charge is 0.756 e. The number of carbonyl (C=O) groups excluding carboxylic acids is 1. The molecule has 0 heterocycles. The molecule has 444 valence electrons. The van der Waals surface area contributed by atoms with Gasteiger partial charge >= 0.3 is 0 Å². The Labute approximate surface area is 467 Å². The molecule has 2 N–H and O–H groups in total. The number of allylic oxidation sites excluding steroid dienone is 5. The molecule has 0 aromatic rings. The highest BCUT2D eigenvalue weighted by Gasteiger charge is 2.23. The number of nitrogens with zero attached hydrogens (tertiary/aromatic N) is 1. The molecule has 0 aliphatic rings. The van der Waals surface area contributed by atoms with E-state index in [4.69, 9.17) is 9.05 Å². The Hall–Kier alpha value is -1.28. The Morgan fingerprint density at radius 3 is 1.08 bits per heavy atom. The summed E-state index contributed by atoms with van der Waals surface area (Å²) in [5.74, 6) is -0.205. The van der Waals surface area contributed by atoms with Crippen LogP contribution in [-0.2, 0) is 18.4 Å². The molecule has 9 heteroatoms. The molecule has 8 nitrogen and oxygen atoms in total. The summed E-state index contributed by atoms with van der Waals surface area (Å²) in [7, 11) is 1.25. The number of phosphoric ester groups is 1. The van der Waals surface area contributed by atoms with Gasteiger partial charge in [0.05, 0.1) is 39.9 Å². The molecule has 0 radical (unpaired) electrons. The zero-order chi connectivity index (χ0) is 54.9. The maximum atomic E-state index is 13.0. The van der Waals surface area contributed by atoms with Gasteiger partial charge in [0.1, 0.15) is 13.2 Å². The lowest BCUT2D eigenvalue weighted by atomic mass is 10.0. The van der Waals surface area contributed by atoms with Crippen molar-refractivity contribution in [3.63, 3.8) is 0 Å². The number of unbranched alkanes of at least 4 members (excludes halogenated alkanes) is 44. The number of carbonyl (C=O) groups is 1. The fourth-order valence-electron chi connectivity index (χ4n) is 9.95. The van der Waals surface area contributed by atoms with Gasteiger partial charge in [-0.15, -0.1) is 0 Å². The first kappa shape index (κ1) is 73.7. The number of hydrogen-bond acceptors (Lipinski definition) is 6. The number of likely N-dealkylation sites (N-methyl/N-ethyl adjacent to an activating group) is 1. The van der Waals surface area contributed by atoms with E-state index in [9.17, 15) is 19.4 Å². The monoisotopic (exact) mass is 1080 g/mol. The molecule has 75 heavy (non-hydrogen) atoms. The predicted molar refractivity (Wildman–Crippen MR) is 325 cm³/mol. The number of rotatable bonds is 61. The van der Waals surface area contributed by atoms with Gasteiger partial charge < -0.3 is 28.8 Å². The SMILES string of the molecule is CCCCCCCCCCCCCCCCCCCCCC/C=C/CC/C=C/CC/C=C/C(O)C(COP(=O)([O-])OCC[N+](C)(C)C)NC(=O)CCCCCCCCCCCCCCCCCCCCCCCCC. The summed E-state index contributed by atoms with van der Waals surface area (Å²) in [4.78, 5) is 25.6. The maximum Gasteiger partial charge on any atom is 0.268 e. The van der Waals surface area contributed by atoms with Crippen molar-refractivity contribution in [3.05, 3.63) is 36.5 Å². The van der Waals surface area contributed by atoms with Crippen LogP contribution in [0.25, 0.3) is 0 Å². The Balaban J connectivity index is 4.16. The number of amides is 1. The lowest BCUT2D eigenvalue weighted by Gasteiger charge is -2.29. The van der Waals surface area contributed by atoms with Crippen LogP contribution in [0.3, 0.4) is 0 Å². The first-order valence-electron chi connectivity index (χ1n) is 32.9. The van der Waals surface area contributed by atoms with Gasteiger partial charge in [-0.3, -0.25) is 9.36 Å². The van der Waals surface area contributed by atoms with Crippen LogP contribution in [-0.4, -0.2) is 68.5 Å². The van der Waals surface area contributed by atoms with Crippen molar-refractivity contribution in [2.45, 2.75) is 341 Å². The molecular formula is C66H129N2O6P. The van der Waals surface area contributed by atoms with Crippen LogP contribution >= 0.6 is 7.82 Å². The third kappa shape index (κ3) is 60.2. The van der Waals surface area contributed by atoms with Crippen LogP contribution in [0.1, 0.15) is 328 Å². The number of aliphatic hydroxyl groups excluding tert-OH is 1. The van der Waals surface area contributed by atoms with Crippen molar-refractivity contribution in [2.75, 3.05) is 40.9 Å². The van der Waals surface area contributed by atoms with E-state index in [1.54, 1.807) is 6.08 Å². The Bertz CT molecular complexity index is 1320. The van der Waals surface area contributed by atoms with Crippen LogP contribution in [0, 0.1) is 0 Å². The number of quaternary nitrogens is 1. The number of hydrogen-bond donors (Lipinski definition) is 2. The minimum atomic E-state index is -4.61. The highest BCUT2D eigenvalue weighted by molar-refractivity contribution is 7.45. The third-order valence-electron chi connectivity index (χ3n) is 15.1. The quantitative estimate of drug-likeness (QED) is 0.0272. The summed E-state index contributed by atoms with van der Waals surface area (Å²) in [6.45, 7) is 4.68. The summed E-state index contributed by atoms with van der Waals surface area (Å²) in [5, 5.41) is 13.9. The highest BCUT2D eigenvalue weighted by atomic mass is 31.2. The van der Waals surface area contributed by atoms with Gasteiger partial charge in [-0.05, 0) is 44.9 Å². The van der Waals surface area contributed by atoms with Crippen molar-refractivity contribution in [3.8, 4) is 0 Å². The van der Waals surface area contributed by atoms with Crippen LogP contribution in [0.15, 0.2) is 36.5 Å². The molecule has 0 fully saturated rings. The molecule has 0 spiro atoms. The molecule has 0 aromatic heterocycles. The minimum absolute atomic E-state index is 0.00717. The summed E-state index contributed by atoms with van der Waals surface area (Å²) in [6.07, 6.45) is 75.5. The molecule has 0 saturated carbocycles. The van der Waals surface area contributed by atoms with Crippen molar-refractivity contribution in [1.29, 1.82) is 0 Å². The second-order valence-electron chi connectivity index (χ2n) is 23.8. The van der Waals surface area contributed by atoms with E-state index in [1.807, 2.05) is 27.2 Å². The van der Waals surface area contributed by atoms with Gasteiger partial charge in [0, 0.05) is 6.42 Å². The molecule has 0 aromatic carbocycles. The highest BCUT2D eigenvalue weighted by Crippen LogP contribution is 2.38. The van der Waals surface area contributed by atoms with Crippen molar-refractivity contribution < 1.29 is 32.9 Å². The van der Waals surface area contributed by atoms with Crippen LogP contribution in [0.5, 0.6) is 0 Å². The van der Waals surface area contributed by atoms with E-state index in [-0.39, 0.29) is 12.5 Å². The summed E-state index contributed by atoms with van der Waals surface area (Å²) >= 11 is 0. The van der Waals surface area contributed by atoms with E-state index in [1.165, 1.54) is 263 Å². The normalized spacial score (nSPS) is 14.0. The zero-order valence-corrected chi connectivity index (χ0v) is 51.7. The first-order valence-corrected chi connectivity index (χ1v) is 34.3. The number of nitrogens with one attached hydrogen (secondary N) is 1. The van der Waals surface area contributed by atoms with Gasteiger partial charge in [0.25, 0.3) is 7.82 Å². The van der Waals surface area contributed by atoms with E-state index in [0.717, 1.165) is 44.9 Å². The van der Waals surface area contributed by atoms with Gasteiger partial charge in [-0.2, -0.15) is 0 Å². The molecule has 1 amide bonds. The molecule has 0 rings (SSSR count). The number of phosphoric acid groups is 1. The Morgan fingerprint density at radius 2 is 0.747 bits per heavy atom. The lowest BCUT2D eigenvalue weighted by Crippen LogP contribution is -2.45. The van der Waals surface area contributed by atoms with Crippen LogP contribution < -0.4 is 10.2 Å². The Kier molecular flexibility index (Phi) is 56.4. The van der Waals surface area contributed by atoms with Crippen molar-refractivity contribution in [2.24, 2.45) is 0 Å². The second-order valence-corrected chi connectivity index (χ2v) is 25.2. The van der Waals surface area contributed by atoms with Crippen molar-refractivity contribution in [1.82, 2.24) is 5.32 Å². The van der Waals surface area contributed by atoms with Gasteiger partial charge in [0.15, 0.2) is 0 Å². The Morgan fingerprint density at radius 1 is 0.453 bits per heavy atom. The summed E-state index contributed by atoms with van der Waals surface area (Å²) < 4.78 is 23.4. The van der Waals surface area contributed by atoms with Gasteiger partial charge in [0.2, 0.25) is 5.91 Å². The molecule has 0 aliphatic carbocycles. The fourth-order valence-corrected chi connectivity index (χ4v) is 10.7. The van der Waals surface area contributed by atoms with Gasteiger partial charge in [-0.25, -0.2) is 0 Å². The van der Waals surface area contributed by atoms with Gasteiger partial charge in [-0.1, -0.05) is 314 Å². The van der Waals surface area contributed by atoms with Crippen LogP contribution in [0.4, 0.5) is 0 Å². The number of aliphatic hydroxyl groups is 1. The van der Waals surface area contributed by atoms with E-state index in [2.05, 4.69) is 43.5 Å². The predicted octanol–water partition coefficient (Wildman–Crippen LogP) is 19.9. The fraction of sp³-hybridized carbons (Fsp3) is 0.894. The topological polar surface area (TPSA) is 108 Å². The van der Waals surface area contributed by atoms with Crippen LogP contribution in [0.2, 0.25) is 0 Å². The molecule has 3 atom stereocenters. The summed E-state index contributed by atoms with van der Waals surface area (Å²) in [5.41, 5.74) is 0. The van der Waals surface area contributed by atoms with E-state index < -0.39 is 26.6 Å². The molecule has 3 unspecified atom stereocenters.